The van der Waals surface area contributed by atoms with E-state index in [0.717, 1.165) is 16.1 Å². The SMILES string of the molecule is CN(Cc1cc(Br)n(S(=O)(=O)c2ccc(F)cc2)c1)C(=O)OC(C)(C)C. The van der Waals surface area contributed by atoms with Crippen LogP contribution < -0.4 is 0 Å². The van der Waals surface area contributed by atoms with Crippen LogP contribution >= 0.6 is 15.9 Å². The van der Waals surface area contributed by atoms with Gasteiger partial charge in [-0.1, -0.05) is 0 Å². The molecule has 0 aliphatic carbocycles. The molecule has 9 heteroatoms. The molecule has 0 fully saturated rings. The lowest BCUT2D eigenvalue weighted by molar-refractivity contribution is 0.0285. The molecule has 0 atom stereocenters. The van der Waals surface area contributed by atoms with Crippen LogP contribution in [0.15, 0.2) is 46.0 Å². The Morgan fingerprint density at radius 2 is 1.85 bits per heavy atom. The Balaban J connectivity index is 2.23. The van der Waals surface area contributed by atoms with E-state index in [0.29, 0.717) is 10.2 Å². The van der Waals surface area contributed by atoms with E-state index in [1.54, 1.807) is 33.9 Å². The van der Waals surface area contributed by atoms with Gasteiger partial charge >= 0.3 is 6.09 Å². The van der Waals surface area contributed by atoms with Crippen molar-refractivity contribution in [2.75, 3.05) is 7.05 Å². The average molecular weight is 447 g/mol. The van der Waals surface area contributed by atoms with Crippen molar-refractivity contribution >= 4 is 32.0 Å². The van der Waals surface area contributed by atoms with Crippen LogP contribution in [0.3, 0.4) is 0 Å². The first-order valence-corrected chi connectivity index (χ1v) is 9.95. The smallest absolute Gasteiger partial charge is 0.410 e. The van der Waals surface area contributed by atoms with E-state index in [2.05, 4.69) is 15.9 Å². The quantitative estimate of drug-likeness (QED) is 0.711. The highest BCUT2D eigenvalue weighted by atomic mass is 79.9. The van der Waals surface area contributed by atoms with Crippen LogP contribution in [0.1, 0.15) is 26.3 Å². The summed E-state index contributed by atoms with van der Waals surface area (Å²) in [6.45, 7) is 5.46. The molecule has 1 aromatic heterocycles. The summed E-state index contributed by atoms with van der Waals surface area (Å²) in [5.74, 6) is -0.518. The third-order valence-electron chi connectivity index (χ3n) is 3.29. The van der Waals surface area contributed by atoms with E-state index in [4.69, 9.17) is 4.74 Å². The van der Waals surface area contributed by atoms with Gasteiger partial charge in [0.1, 0.15) is 16.0 Å². The Morgan fingerprint density at radius 1 is 1.27 bits per heavy atom. The van der Waals surface area contributed by atoms with Gasteiger partial charge in [0.2, 0.25) is 0 Å². The Labute approximate surface area is 160 Å². The molecule has 26 heavy (non-hydrogen) atoms. The zero-order valence-corrected chi connectivity index (χ0v) is 17.3. The summed E-state index contributed by atoms with van der Waals surface area (Å²) >= 11 is 3.22. The third kappa shape index (κ3) is 4.85. The maximum Gasteiger partial charge on any atom is 0.410 e. The molecule has 0 saturated heterocycles. The van der Waals surface area contributed by atoms with E-state index < -0.39 is 27.5 Å². The summed E-state index contributed by atoms with van der Waals surface area (Å²) in [7, 11) is -2.32. The molecule has 0 spiro atoms. The molecule has 1 heterocycles. The van der Waals surface area contributed by atoms with Crippen LogP contribution in [0.5, 0.6) is 0 Å². The van der Waals surface area contributed by atoms with E-state index in [9.17, 15) is 17.6 Å². The van der Waals surface area contributed by atoms with Crippen molar-refractivity contribution in [3.8, 4) is 0 Å². The highest BCUT2D eigenvalue weighted by Crippen LogP contribution is 2.24. The van der Waals surface area contributed by atoms with Crippen molar-refractivity contribution < 1.29 is 22.3 Å². The number of benzene rings is 1. The van der Waals surface area contributed by atoms with Crippen molar-refractivity contribution in [2.45, 2.75) is 37.8 Å². The van der Waals surface area contributed by atoms with Crippen LogP contribution in [-0.2, 0) is 21.3 Å². The number of halogens is 2. The van der Waals surface area contributed by atoms with Gasteiger partial charge in [-0.05, 0) is 72.6 Å². The standard InChI is InChI=1S/C17H20BrFN2O4S/c1-17(2,3)25-16(22)20(4)10-12-9-15(18)21(11-12)26(23,24)14-7-5-13(19)6-8-14/h5-9,11H,10H2,1-4H3. The Hall–Kier alpha value is -1.87. The predicted octanol–water partition coefficient (Wildman–Crippen LogP) is 3.99. The summed E-state index contributed by atoms with van der Waals surface area (Å²) in [4.78, 5) is 13.3. The van der Waals surface area contributed by atoms with Crippen LogP contribution in [0, 0.1) is 5.82 Å². The molecule has 2 aromatic rings. The number of ether oxygens (including phenoxy) is 1. The fraction of sp³-hybridized carbons (Fsp3) is 0.353. The van der Waals surface area contributed by atoms with Gasteiger partial charge in [0.15, 0.2) is 0 Å². The number of carbonyl (C=O) groups excluding carboxylic acids is 1. The van der Waals surface area contributed by atoms with Gasteiger partial charge in [0, 0.05) is 13.2 Å². The van der Waals surface area contributed by atoms with Crippen molar-refractivity contribution in [1.29, 1.82) is 0 Å². The molecule has 0 aliphatic rings. The van der Waals surface area contributed by atoms with Crippen molar-refractivity contribution in [1.82, 2.24) is 8.87 Å². The lowest BCUT2D eigenvalue weighted by Gasteiger charge is -2.24. The van der Waals surface area contributed by atoms with Gasteiger partial charge in [-0.2, -0.15) is 0 Å². The summed E-state index contributed by atoms with van der Waals surface area (Å²) in [5.41, 5.74) is -0.0278. The molecule has 142 valence electrons. The molecule has 0 radical (unpaired) electrons. The number of rotatable bonds is 4. The maximum atomic E-state index is 13.0. The molecule has 0 N–H and O–H groups in total. The van der Waals surface area contributed by atoms with E-state index in [1.807, 2.05) is 0 Å². The van der Waals surface area contributed by atoms with Gasteiger partial charge < -0.3 is 9.64 Å². The molecule has 0 bridgehead atoms. The topological polar surface area (TPSA) is 68.6 Å². The summed E-state index contributed by atoms with van der Waals surface area (Å²) in [6, 6.07) is 6.16. The third-order valence-corrected chi connectivity index (χ3v) is 5.83. The Morgan fingerprint density at radius 3 is 2.38 bits per heavy atom. The molecular formula is C17H20BrFN2O4S. The molecule has 0 saturated carbocycles. The maximum absolute atomic E-state index is 13.0. The largest absolute Gasteiger partial charge is 0.444 e. The Kier molecular flexibility index (Phi) is 5.82. The zero-order valence-electron chi connectivity index (χ0n) is 14.9. The predicted molar refractivity (Wildman–Crippen MR) is 98.8 cm³/mol. The monoisotopic (exact) mass is 446 g/mol. The number of carbonyl (C=O) groups is 1. The van der Waals surface area contributed by atoms with Gasteiger partial charge in [0.25, 0.3) is 10.0 Å². The van der Waals surface area contributed by atoms with Crippen LogP contribution in [0.2, 0.25) is 0 Å². The minimum atomic E-state index is -3.88. The van der Waals surface area contributed by atoms with Crippen molar-refractivity contribution in [2.24, 2.45) is 0 Å². The first kappa shape index (κ1) is 20.4. The van der Waals surface area contributed by atoms with Gasteiger partial charge in [0.05, 0.1) is 11.4 Å². The number of amides is 1. The lowest BCUT2D eigenvalue weighted by atomic mass is 10.2. The molecule has 2 rings (SSSR count). The zero-order chi connectivity index (χ0) is 19.7. The normalized spacial score (nSPS) is 12.1. The number of hydrogen-bond acceptors (Lipinski definition) is 4. The molecule has 1 amide bonds. The second-order valence-corrected chi connectivity index (χ2v) is 9.39. The molecule has 1 aromatic carbocycles. The van der Waals surface area contributed by atoms with Crippen molar-refractivity contribution in [3.05, 3.63) is 52.5 Å². The van der Waals surface area contributed by atoms with Crippen LogP contribution in [-0.4, -0.2) is 36.0 Å². The minimum absolute atomic E-state index is 0.0396. The highest BCUT2D eigenvalue weighted by Gasteiger charge is 2.23. The van der Waals surface area contributed by atoms with E-state index >= 15 is 0 Å². The second kappa shape index (κ2) is 7.40. The van der Waals surface area contributed by atoms with Gasteiger partial charge in [-0.3, -0.25) is 0 Å². The van der Waals surface area contributed by atoms with Crippen LogP contribution in [0.25, 0.3) is 0 Å². The minimum Gasteiger partial charge on any atom is -0.444 e. The Bertz CT molecular complexity index is 902. The molecular weight excluding hydrogens is 427 g/mol. The second-order valence-electron chi connectivity index (χ2n) is 6.76. The van der Waals surface area contributed by atoms with E-state index in [-0.39, 0.29) is 11.4 Å². The summed E-state index contributed by atoms with van der Waals surface area (Å²) < 4.78 is 45.0. The van der Waals surface area contributed by atoms with E-state index in [1.165, 1.54) is 23.2 Å². The number of hydrogen-bond donors (Lipinski definition) is 0. The molecule has 0 aliphatic heterocycles. The number of aromatic nitrogens is 1. The fourth-order valence-electron chi connectivity index (χ4n) is 2.14. The first-order valence-electron chi connectivity index (χ1n) is 7.72. The fourth-order valence-corrected chi connectivity index (χ4v) is 4.37. The van der Waals surface area contributed by atoms with Gasteiger partial charge in [-0.25, -0.2) is 21.6 Å². The van der Waals surface area contributed by atoms with Crippen molar-refractivity contribution in [3.63, 3.8) is 0 Å². The van der Waals surface area contributed by atoms with Gasteiger partial charge in [-0.15, -0.1) is 0 Å². The summed E-state index contributed by atoms with van der Waals surface area (Å²) in [6.07, 6.45) is 0.895. The first-order chi connectivity index (χ1) is 11.9. The number of nitrogens with zero attached hydrogens (tertiary/aromatic N) is 2. The average Bonchev–Trinajstić information content (AvgIpc) is 2.87. The highest BCUT2D eigenvalue weighted by molar-refractivity contribution is 9.10. The summed E-state index contributed by atoms with van der Waals surface area (Å²) in [5, 5.41) is 0. The lowest BCUT2D eigenvalue weighted by Crippen LogP contribution is -2.33. The molecule has 0 unspecified atom stereocenters. The molecule has 6 nitrogen and oxygen atoms in total. The van der Waals surface area contributed by atoms with Crippen LogP contribution in [0.4, 0.5) is 9.18 Å².